The molecule has 1 N–H and O–H groups in total. The lowest BCUT2D eigenvalue weighted by Gasteiger charge is -2.18. The van der Waals surface area contributed by atoms with Crippen LogP contribution >= 0.6 is 27.3 Å². The maximum absolute atomic E-state index is 4.62. The van der Waals surface area contributed by atoms with Crippen molar-refractivity contribution in [2.45, 2.75) is 45.6 Å². The van der Waals surface area contributed by atoms with Crippen molar-refractivity contribution >= 4 is 33.1 Å². The third-order valence-electron chi connectivity index (χ3n) is 3.01. The van der Waals surface area contributed by atoms with Gasteiger partial charge in [0.25, 0.3) is 0 Å². The fourth-order valence-corrected chi connectivity index (χ4v) is 3.22. The molecule has 0 aliphatic rings. The lowest BCUT2D eigenvalue weighted by molar-refractivity contribution is 0.680. The van der Waals surface area contributed by atoms with Crippen LogP contribution in [0.5, 0.6) is 0 Å². The minimum absolute atomic E-state index is 0.319. The summed E-state index contributed by atoms with van der Waals surface area (Å²) >= 11 is 5.26. The van der Waals surface area contributed by atoms with E-state index in [0.29, 0.717) is 12.0 Å². The molecule has 2 aromatic rings. The Labute approximate surface area is 133 Å². The lowest BCUT2D eigenvalue weighted by atomic mass is 10.1. The molecule has 20 heavy (non-hydrogen) atoms. The molecule has 0 bridgehead atoms. The van der Waals surface area contributed by atoms with Gasteiger partial charge in [-0.15, -0.1) is 11.3 Å². The second-order valence-corrected chi connectivity index (χ2v) is 6.88. The fourth-order valence-electron chi connectivity index (χ4n) is 2.01. The zero-order chi connectivity index (χ0) is 14.5. The maximum atomic E-state index is 4.62. The van der Waals surface area contributed by atoms with Crippen LogP contribution in [0, 0.1) is 0 Å². The van der Waals surface area contributed by atoms with Crippen LogP contribution in [0.1, 0.15) is 56.3 Å². The summed E-state index contributed by atoms with van der Waals surface area (Å²) < 4.78 is 0.833. The van der Waals surface area contributed by atoms with E-state index in [4.69, 9.17) is 0 Å². The molecule has 0 amide bonds. The van der Waals surface area contributed by atoms with Gasteiger partial charge in [-0.2, -0.15) is 0 Å². The Hall–Kier alpha value is -0.940. The molecule has 108 valence electrons. The van der Waals surface area contributed by atoms with Gasteiger partial charge in [-0.25, -0.2) is 9.97 Å². The van der Waals surface area contributed by atoms with Crippen LogP contribution in [0.25, 0.3) is 0 Å². The SMILES string of the molecule is CCCC(Nc1cc(Br)nc(C(C)C)n1)c1cccs1. The Morgan fingerprint density at radius 2 is 2.15 bits per heavy atom. The summed E-state index contributed by atoms with van der Waals surface area (Å²) in [4.78, 5) is 10.4. The van der Waals surface area contributed by atoms with E-state index >= 15 is 0 Å². The number of halogens is 1. The summed E-state index contributed by atoms with van der Waals surface area (Å²) in [6.45, 7) is 6.42. The zero-order valence-electron chi connectivity index (χ0n) is 12.1. The lowest BCUT2D eigenvalue weighted by Crippen LogP contribution is -2.12. The van der Waals surface area contributed by atoms with Crippen LogP contribution in [-0.2, 0) is 0 Å². The van der Waals surface area contributed by atoms with Crippen molar-refractivity contribution < 1.29 is 0 Å². The highest BCUT2D eigenvalue weighted by molar-refractivity contribution is 9.10. The molecule has 0 aromatic carbocycles. The van der Waals surface area contributed by atoms with Gasteiger partial charge in [0, 0.05) is 16.9 Å². The number of anilines is 1. The van der Waals surface area contributed by atoms with Gasteiger partial charge in [0.1, 0.15) is 16.2 Å². The predicted molar refractivity (Wildman–Crippen MR) is 89.4 cm³/mol. The normalized spacial score (nSPS) is 12.7. The topological polar surface area (TPSA) is 37.8 Å². The number of rotatable bonds is 6. The minimum Gasteiger partial charge on any atom is -0.362 e. The van der Waals surface area contributed by atoms with E-state index in [9.17, 15) is 0 Å². The van der Waals surface area contributed by atoms with Crippen LogP contribution in [0.15, 0.2) is 28.2 Å². The summed E-state index contributed by atoms with van der Waals surface area (Å²) in [5, 5.41) is 5.67. The van der Waals surface area contributed by atoms with E-state index in [0.717, 1.165) is 29.1 Å². The van der Waals surface area contributed by atoms with Crippen molar-refractivity contribution in [1.82, 2.24) is 9.97 Å². The molecule has 0 aliphatic heterocycles. The molecule has 2 rings (SSSR count). The third kappa shape index (κ3) is 4.03. The molecule has 1 unspecified atom stereocenters. The van der Waals surface area contributed by atoms with Crippen LogP contribution in [0.4, 0.5) is 5.82 Å². The van der Waals surface area contributed by atoms with Crippen molar-refractivity contribution in [1.29, 1.82) is 0 Å². The Morgan fingerprint density at radius 1 is 1.35 bits per heavy atom. The highest BCUT2D eigenvalue weighted by Gasteiger charge is 2.14. The van der Waals surface area contributed by atoms with Crippen molar-refractivity contribution in [2.75, 3.05) is 5.32 Å². The first kappa shape index (κ1) is 15.4. The van der Waals surface area contributed by atoms with E-state index in [1.165, 1.54) is 4.88 Å². The number of nitrogens with zero attached hydrogens (tertiary/aromatic N) is 2. The summed E-state index contributed by atoms with van der Waals surface area (Å²) in [6, 6.07) is 6.54. The van der Waals surface area contributed by atoms with Crippen LogP contribution in [-0.4, -0.2) is 9.97 Å². The molecule has 0 saturated heterocycles. The van der Waals surface area contributed by atoms with Gasteiger partial charge in [-0.3, -0.25) is 0 Å². The molecule has 5 heteroatoms. The van der Waals surface area contributed by atoms with Crippen LogP contribution in [0.2, 0.25) is 0 Å². The average Bonchev–Trinajstić information content (AvgIpc) is 2.91. The molecule has 2 heterocycles. The first-order chi connectivity index (χ1) is 9.60. The molecule has 0 radical (unpaired) electrons. The molecule has 0 aliphatic carbocycles. The summed E-state index contributed by atoms with van der Waals surface area (Å²) in [6.07, 6.45) is 2.23. The highest BCUT2D eigenvalue weighted by Crippen LogP contribution is 2.28. The number of thiophene rings is 1. The molecule has 0 fully saturated rings. The van der Waals surface area contributed by atoms with Gasteiger partial charge >= 0.3 is 0 Å². The van der Waals surface area contributed by atoms with Gasteiger partial charge in [0.2, 0.25) is 0 Å². The first-order valence-corrected chi connectivity index (χ1v) is 8.61. The van der Waals surface area contributed by atoms with E-state index in [2.05, 4.69) is 69.5 Å². The van der Waals surface area contributed by atoms with Crippen LogP contribution in [0.3, 0.4) is 0 Å². The van der Waals surface area contributed by atoms with Gasteiger partial charge in [-0.1, -0.05) is 33.3 Å². The third-order valence-corrected chi connectivity index (χ3v) is 4.41. The molecular weight excluding hydrogens is 334 g/mol. The Bertz CT molecular complexity index is 540. The minimum atomic E-state index is 0.319. The second-order valence-electron chi connectivity index (χ2n) is 5.09. The van der Waals surface area contributed by atoms with E-state index in [1.807, 2.05) is 6.07 Å². The van der Waals surface area contributed by atoms with Crippen molar-refractivity contribution in [3.63, 3.8) is 0 Å². The predicted octanol–water partition coefficient (Wildman–Crippen LogP) is 5.38. The molecular formula is C15H20BrN3S. The summed E-state index contributed by atoms with van der Waals surface area (Å²) in [5.74, 6) is 2.07. The van der Waals surface area contributed by atoms with Gasteiger partial charge in [0.05, 0.1) is 6.04 Å². The molecule has 2 aromatic heterocycles. The fraction of sp³-hybridized carbons (Fsp3) is 0.467. The largest absolute Gasteiger partial charge is 0.362 e. The molecule has 0 spiro atoms. The smallest absolute Gasteiger partial charge is 0.134 e. The molecule has 3 nitrogen and oxygen atoms in total. The van der Waals surface area contributed by atoms with Crippen molar-refractivity contribution in [3.8, 4) is 0 Å². The number of nitrogens with one attached hydrogen (secondary N) is 1. The Kier molecular flexibility index (Phi) is 5.54. The Balaban J connectivity index is 2.22. The average molecular weight is 354 g/mol. The summed E-state index contributed by atoms with van der Waals surface area (Å²) in [7, 11) is 0. The van der Waals surface area contributed by atoms with E-state index < -0.39 is 0 Å². The first-order valence-electron chi connectivity index (χ1n) is 6.94. The van der Waals surface area contributed by atoms with Gasteiger partial charge in [-0.05, 0) is 33.8 Å². The number of hydrogen-bond donors (Lipinski definition) is 1. The zero-order valence-corrected chi connectivity index (χ0v) is 14.5. The van der Waals surface area contributed by atoms with E-state index in [1.54, 1.807) is 11.3 Å². The molecule has 1 atom stereocenters. The Morgan fingerprint density at radius 3 is 2.75 bits per heavy atom. The quantitative estimate of drug-likeness (QED) is 0.708. The van der Waals surface area contributed by atoms with Crippen molar-refractivity contribution in [3.05, 3.63) is 38.9 Å². The van der Waals surface area contributed by atoms with Gasteiger partial charge in [0.15, 0.2) is 0 Å². The second kappa shape index (κ2) is 7.18. The van der Waals surface area contributed by atoms with Crippen LogP contribution < -0.4 is 5.32 Å². The maximum Gasteiger partial charge on any atom is 0.134 e. The number of hydrogen-bond acceptors (Lipinski definition) is 4. The molecule has 0 saturated carbocycles. The van der Waals surface area contributed by atoms with E-state index in [-0.39, 0.29) is 0 Å². The monoisotopic (exact) mass is 353 g/mol. The highest BCUT2D eigenvalue weighted by atomic mass is 79.9. The number of aromatic nitrogens is 2. The van der Waals surface area contributed by atoms with Crippen molar-refractivity contribution in [2.24, 2.45) is 0 Å². The standard InChI is InChI=1S/C15H20BrN3S/c1-4-6-11(12-7-5-8-20-12)17-14-9-13(16)18-15(19-14)10(2)3/h5,7-11H,4,6H2,1-3H3,(H,17,18,19). The van der Waals surface area contributed by atoms with Gasteiger partial charge < -0.3 is 5.32 Å². The summed E-state index contributed by atoms with van der Waals surface area (Å²) in [5.41, 5.74) is 0.